The van der Waals surface area contributed by atoms with Crippen molar-refractivity contribution in [2.24, 2.45) is 0 Å². The molecular weight excluding hydrogens is 574 g/mol. The molecule has 3 heterocycles. The number of carbonyl (C=O) groups is 4. The first-order chi connectivity index (χ1) is 20.4. The third-order valence-corrected chi connectivity index (χ3v) is 5.63. The highest BCUT2D eigenvalue weighted by Crippen LogP contribution is 2.18. The van der Waals surface area contributed by atoms with E-state index in [0.717, 1.165) is 71.6 Å². The number of anilines is 1. The van der Waals surface area contributed by atoms with Crippen LogP contribution in [0.1, 0.15) is 45.4 Å². The zero-order chi connectivity index (χ0) is 32.2. The Morgan fingerprint density at radius 2 is 1.49 bits per heavy atom. The van der Waals surface area contributed by atoms with E-state index in [-0.39, 0.29) is 17.5 Å². The number of aliphatic carboxylic acids is 4. The number of morpholine rings is 1. The molecule has 0 bridgehead atoms. The largest absolute Gasteiger partial charge is 0.481 e. The number of imidazole rings is 1. The third kappa shape index (κ3) is 16.1. The molecule has 8 N–H and O–H groups in total. The van der Waals surface area contributed by atoms with Crippen molar-refractivity contribution in [2.75, 3.05) is 58.3 Å². The van der Waals surface area contributed by atoms with Gasteiger partial charge in [-0.1, -0.05) is 13.3 Å². The van der Waals surface area contributed by atoms with Crippen LogP contribution in [0, 0.1) is 0 Å². The van der Waals surface area contributed by atoms with E-state index in [1.54, 1.807) is 4.57 Å². The minimum atomic E-state index is -1.31. The average molecular weight is 616 g/mol. The van der Waals surface area contributed by atoms with Gasteiger partial charge in [0.15, 0.2) is 11.5 Å². The topological polar surface area (TPSA) is 273 Å². The molecule has 0 radical (unpaired) electrons. The number of nitrogens with zero attached hydrogens (tertiary/aromatic N) is 4. The summed E-state index contributed by atoms with van der Waals surface area (Å²) in [6, 6.07) is 0.220. The second kappa shape index (κ2) is 20.6. The van der Waals surface area contributed by atoms with Crippen molar-refractivity contribution in [3.05, 3.63) is 10.5 Å². The lowest BCUT2D eigenvalue weighted by Crippen LogP contribution is -2.37. The maximum absolute atomic E-state index is 12.3. The van der Waals surface area contributed by atoms with E-state index < -0.39 is 36.7 Å². The number of nitrogen functional groups attached to an aromatic ring is 1. The van der Waals surface area contributed by atoms with Gasteiger partial charge in [0.05, 0.1) is 19.8 Å². The van der Waals surface area contributed by atoms with Gasteiger partial charge < -0.3 is 45.9 Å². The minimum Gasteiger partial charge on any atom is -0.481 e. The molecule has 0 saturated carbocycles. The van der Waals surface area contributed by atoms with Crippen LogP contribution < -0.4 is 21.5 Å². The molecule has 1 aliphatic heterocycles. The van der Waals surface area contributed by atoms with Gasteiger partial charge >= 0.3 is 35.6 Å². The van der Waals surface area contributed by atoms with E-state index in [1.807, 2.05) is 0 Å². The number of carboxylic acid groups (broad SMARTS) is 4. The first-order valence-electron chi connectivity index (χ1n) is 13.7. The van der Waals surface area contributed by atoms with E-state index in [2.05, 4.69) is 32.1 Å². The molecule has 1 fully saturated rings. The number of hydrogen-bond acceptors (Lipinski definition) is 12. The molecular formula is C25H41N7O11. The molecule has 0 aromatic carbocycles. The summed E-state index contributed by atoms with van der Waals surface area (Å²) < 4.78 is 12.5. The second-order valence-corrected chi connectivity index (χ2v) is 9.21. The molecule has 1 saturated heterocycles. The smallest absolute Gasteiger partial charge is 0.327 e. The number of nitrogens with two attached hydrogens (primary N) is 1. The van der Waals surface area contributed by atoms with Crippen molar-refractivity contribution in [1.82, 2.24) is 29.7 Å². The lowest BCUT2D eigenvalue weighted by Gasteiger charge is -2.26. The Hall–Kier alpha value is -4.29. The Morgan fingerprint density at radius 1 is 0.930 bits per heavy atom. The van der Waals surface area contributed by atoms with Gasteiger partial charge in [-0.15, -0.1) is 0 Å². The van der Waals surface area contributed by atoms with Crippen LogP contribution in [0.15, 0.2) is 4.79 Å². The summed E-state index contributed by atoms with van der Waals surface area (Å²) in [5.74, 6) is -5.02. The molecule has 1 aliphatic rings. The normalized spacial score (nSPS) is 12.9. The number of H-pyrrole nitrogens is 1. The lowest BCUT2D eigenvalue weighted by atomic mass is 10.3. The van der Waals surface area contributed by atoms with Gasteiger partial charge in [0.2, 0.25) is 0 Å². The van der Waals surface area contributed by atoms with Crippen molar-refractivity contribution in [1.29, 1.82) is 0 Å². The Morgan fingerprint density at radius 3 is 2.00 bits per heavy atom. The quantitative estimate of drug-likeness (QED) is 0.0940. The van der Waals surface area contributed by atoms with Gasteiger partial charge in [0.25, 0.3) is 0 Å². The SMILES string of the molecule is CCCCOc1nc(N)c2[nH]c(=O)n(CCCNCCCN3CCOCC3)c2n1.O=C(O)CC(=O)O.O=C(O)CC(=O)O. The van der Waals surface area contributed by atoms with Crippen molar-refractivity contribution in [2.45, 2.75) is 52.0 Å². The standard InChI is InChI=1S/C19H33N7O3.2C3H4O4/c1-2-3-12-29-18-23-16(20)15-17(24-18)26(19(27)22-15)9-5-7-21-6-4-8-25-10-13-28-14-11-25;2*4-2(5)1-3(6)7/h21H,2-14H2,1H3,(H,22,27)(H2,20,23,24);2*1H2,(H,4,5)(H,6,7). The van der Waals surface area contributed by atoms with Crippen molar-refractivity contribution in [3.8, 4) is 6.01 Å². The number of aromatic nitrogens is 4. The van der Waals surface area contributed by atoms with Crippen LogP contribution in [-0.2, 0) is 30.5 Å². The van der Waals surface area contributed by atoms with Crippen LogP contribution in [-0.4, -0.2) is 121 Å². The summed E-state index contributed by atoms with van der Waals surface area (Å²) in [5, 5.41) is 34.3. The molecule has 0 amide bonds. The zero-order valence-corrected chi connectivity index (χ0v) is 24.1. The predicted molar refractivity (Wildman–Crippen MR) is 152 cm³/mol. The molecule has 2 aromatic heterocycles. The molecule has 43 heavy (non-hydrogen) atoms. The van der Waals surface area contributed by atoms with Crippen molar-refractivity contribution in [3.63, 3.8) is 0 Å². The first kappa shape index (κ1) is 36.7. The van der Waals surface area contributed by atoms with Crippen molar-refractivity contribution >= 4 is 40.9 Å². The first-order valence-corrected chi connectivity index (χ1v) is 13.7. The molecule has 0 atom stereocenters. The molecule has 0 unspecified atom stereocenters. The number of ether oxygens (including phenoxy) is 2. The average Bonchev–Trinajstić information content (AvgIpc) is 3.23. The fourth-order valence-corrected chi connectivity index (χ4v) is 3.61. The summed E-state index contributed by atoms with van der Waals surface area (Å²) in [6.07, 6.45) is 2.25. The van der Waals surface area contributed by atoms with Crippen molar-refractivity contribution < 1.29 is 49.1 Å². The zero-order valence-electron chi connectivity index (χ0n) is 24.1. The number of fused-ring (bicyclic) bond motifs is 1. The number of hydrogen-bond donors (Lipinski definition) is 7. The highest BCUT2D eigenvalue weighted by Gasteiger charge is 2.14. The minimum absolute atomic E-state index is 0.220. The van der Waals surface area contributed by atoms with Crippen LogP contribution in [0.4, 0.5) is 5.82 Å². The number of unbranched alkanes of at least 4 members (excludes halogenated alkanes) is 1. The Labute approximate surface area is 246 Å². The highest BCUT2D eigenvalue weighted by atomic mass is 16.5. The maximum Gasteiger partial charge on any atom is 0.327 e. The summed E-state index contributed by atoms with van der Waals surface area (Å²) in [7, 11) is 0. The fraction of sp³-hybridized carbons (Fsp3) is 0.640. The molecule has 0 aliphatic carbocycles. The van der Waals surface area contributed by atoms with Crippen LogP contribution in [0.2, 0.25) is 0 Å². The van der Waals surface area contributed by atoms with Gasteiger partial charge in [-0.3, -0.25) is 28.6 Å². The van der Waals surface area contributed by atoms with Crippen LogP contribution in [0.25, 0.3) is 11.2 Å². The van der Waals surface area contributed by atoms with E-state index in [9.17, 15) is 24.0 Å². The van der Waals surface area contributed by atoms with Gasteiger partial charge in [0, 0.05) is 19.6 Å². The summed E-state index contributed by atoms with van der Waals surface area (Å²) >= 11 is 0. The van der Waals surface area contributed by atoms with Gasteiger partial charge in [-0.25, -0.2) is 4.79 Å². The van der Waals surface area contributed by atoms with E-state index in [4.69, 9.17) is 35.6 Å². The Kier molecular flexibility index (Phi) is 17.6. The number of nitrogens with one attached hydrogen (secondary N) is 2. The molecule has 2 aromatic rings. The monoisotopic (exact) mass is 615 g/mol. The molecule has 18 heteroatoms. The number of rotatable bonds is 16. The maximum atomic E-state index is 12.3. The van der Waals surface area contributed by atoms with Crippen LogP contribution in [0.3, 0.4) is 0 Å². The highest BCUT2D eigenvalue weighted by molar-refractivity contribution is 5.89. The number of carboxylic acids is 4. The molecule has 18 nitrogen and oxygen atoms in total. The summed E-state index contributed by atoms with van der Waals surface area (Å²) in [4.78, 5) is 63.7. The van der Waals surface area contributed by atoms with E-state index in [1.165, 1.54) is 0 Å². The molecule has 0 spiro atoms. The van der Waals surface area contributed by atoms with Gasteiger partial charge in [-0.2, -0.15) is 9.97 Å². The Balaban J connectivity index is 0.000000548. The summed E-state index contributed by atoms with van der Waals surface area (Å²) in [6.45, 7) is 9.80. The van der Waals surface area contributed by atoms with E-state index in [0.29, 0.717) is 24.3 Å². The van der Waals surface area contributed by atoms with E-state index >= 15 is 0 Å². The van der Waals surface area contributed by atoms with Gasteiger partial charge in [-0.05, 0) is 38.9 Å². The third-order valence-electron chi connectivity index (χ3n) is 5.63. The van der Waals surface area contributed by atoms with Crippen LogP contribution >= 0.6 is 0 Å². The van der Waals surface area contributed by atoms with Gasteiger partial charge in [0.1, 0.15) is 18.4 Å². The number of aryl methyl sites for hydroxylation is 1. The second-order valence-electron chi connectivity index (χ2n) is 9.21. The lowest BCUT2D eigenvalue weighted by molar-refractivity contribution is -0.149. The number of aromatic amines is 1. The molecule has 3 rings (SSSR count). The summed E-state index contributed by atoms with van der Waals surface area (Å²) in [5.41, 5.74) is 6.72. The predicted octanol–water partition coefficient (Wildman–Crippen LogP) is -0.326. The Bertz CT molecular complexity index is 1180. The molecule has 242 valence electrons. The van der Waals surface area contributed by atoms with Crippen LogP contribution in [0.5, 0.6) is 6.01 Å². The fourth-order valence-electron chi connectivity index (χ4n) is 3.61.